The maximum atomic E-state index is 13.2. The highest BCUT2D eigenvalue weighted by molar-refractivity contribution is 5.37. The van der Waals surface area contributed by atoms with Crippen LogP contribution in [0.3, 0.4) is 0 Å². The van der Waals surface area contributed by atoms with Gasteiger partial charge in [0.2, 0.25) is 0 Å². The van der Waals surface area contributed by atoms with Gasteiger partial charge in [-0.2, -0.15) is 0 Å². The van der Waals surface area contributed by atoms with E-state index in [-0.39, 0.29) is 11.9 Å². The number of benzene rings is 1. The highest BCUT2D eigenvalue weighted by atomic mass is 19.1. The van der Waals surface area contributed by atoms with E-state index in [1.54, 1.807) is 18.3 Å². The van der Waals surface area contributed by atoms with Gasteiger partial charge in [-0.05, 0) is 37.1 Å². The molecule has 2 N–H and O–H groups in total. The SMILES string of the molecule is CC[C@H](N)c1ccc(Oc2cc(F)ccc2C)cn1. The molecular weight excluding hydrogens is 243 g/mol. The summed E-state index contributed by atoms with van der Waals surface area (Å²) in [6, 6.07) is 8.01. The maximum Gasteiger partial charge on any atom is 0.145 e. The highest BCUT2D eigenvalue weighted by Crippen LogP contribution is 2.25. The molecule has 0 unspecified atom stereocenters. The lowest BCUT2D eigenvalue weighted by Gasteiger charge is -2.11. The summed E-state index contributed by atoms with van der Waals surface area (Å²) < 4.78 is 18.8. The third-order valence-corrected chi connectivity index (χ3v) is 2.96. The molecule has 1 aromatic heterocycles. The van der Waals surface area contributed by atoms with Gasteiger partial charge in [0.1, 0.15) is 17.3 Å². The number of aryl methyl sites for hydroxylation is 1. The third-order valence-electron chi connectivity index (χ3n) is 2.96. The molecule has 0 spiro atoms. The molecule has 0 saturated carbocycles. The predicted molar refractivity (Wildman–Crippen MR) is 72.7 cm³/mol. The quantitative estimate of drug-likeness (QED) is 0.911. The Bertz CT molecular complexity index is 555. The van der Waals surface area contributed by atoms with Crippen LogP contribution in [0.1, 0.15) is 30.6 Å². The summed E-state index contributed by atoms with van der Waals surface area (Å²) in [5, 5.41) is 0. The minimum absolute atomic E-state index is 0.0649. The van der Waals surface area contributed by atoms with Crippen molar-refractivity contribution in [2.24, 2.45) is 5.73 Å². The number of halogens is 1. The average molecular weight is 260 g/mol. The number of aromatic nitrogens is 1. The standard InChI is InChI=1S/C15H17FN2O/c1-3-13(17)14-7-6-12(9-18-14)19-15-8-11(16)5-4-10(15)2/h4-9,13H,3,17H2,1-2H3/t13-/m0/s1. The van der Waals surface area contributed by atoms with E-state index in [0.717, 1.165) is 17.7 Å². The molecule has 0 fully saturated rings. The Labute approximate surface area is 112 Å². The molecule has 4 heteroatoms. The van der Waals surface area contributed by atoms with E-state index < -0.39 is 0 Å². The minimum Gasteiger partial charge on any atom is -0.455 e. The van der Waals surface area contributed by atoms with Gasteiger partial charge in [-0.15, -0.1) is 0 Å². The van der Waals surface area contributed by atoms with Crippen LogP contribution in [0.2, 0.25) is 0 Å². The molecule has 19 heavy (non-hydrogen) atoms. The van der Waals surface area contributed by atoms with E-state index in [0.29, 0.717) is 11.5 Å². The lowest BCUT2D eigenvalue weighted by atomic mass is 10.1. The van der Waals surface area contributed by atoms with Crippen LogP contribution >= 0.6 is 0 Å². The van der Waals surface area contributed by atoms with Crippen LogP contribution in [0.4, 0.5) is 4.39 Å². The first-order valence-corrected chi connectivity index (χ1v) is 6.25. The molecule has 0 aliphatic carbocycles. The van der Waals surface area contributed by atoms with Crippen molar-refractivity contribution in [2.75, 3.05) is 0 Å². The Hall–Kier alpha value is -1.94. The molecule has 100 valence electrons. The molecule has 2 aromatic rings. The fourth-order valence-corrected chi connectivity index (χ4v) is 1.69. The Balaban J connectivity index is 2.17. The van der Waals surface area contributed by atoms with Crippen molar-refractivity contribution < 1.29 is 9.13 Å². The number of rotatable bonds is 4. The smallest absolute Gasteiger partial charge is 0.145 e. The number of nitrogens with two attached hydrogens (primary N) is 1. The zero-order valence-electron chi connectivity index (χ0n) is 11.1. The van der Waals surface area contributed by atoms with Gasteiger partial charge < -0.3 is 10.5 Å². The van der Waals surface area contributed by atoms with E-state index >= 15 is 0 Å². The van der Waals surface area contributed by atoms with Crippen LogP contribution in [0.15, 0.2) is 36.5 Å². The molecular formula is C15H17FN2O. The van der Waals surface area contributed by atoms with Gasteiger partial charge in [-0.1, -0.05) is 13.0 Å². The molecule has 1 aromatic carbocycles. The van der Waals surface area contributed by atoms with E-state index in [4.69, 9.17) is 10.5 Å². The topological polar surface area (TPSA) is 48.1 Å². The van der Waals surface area contributed by atoms with Gasteiger partial charge in [0.05, 0.1) is 11.9 Å². The van der Waals surface area contributed by atoms with Crippen molar-refractivity contribution >= 4 is 0 Å². The molecule has 0 amide bonds. The molecule has 1 heterocycles. The van der Waals surface area contributed by atoms with Crippen LogP contribution in [0.25, 0.3) is 0 Å². The fraction of sp³-hybridized carbons (Fsp3) is 0.267. The Kier molecular flexibility index (Phi) is 4.12. The molecule has 2 rings (SSSR count). The monoisotopic (exact) mass is 260 g/mol. The highest BCUT2D eigenvalue weighted by Gasteiger charge is 2.07. The van der Waals surface area contributed by atoms with Crippen molar-refractivity contribution in [3.05, 3.63) is 53.6 Å². The second-order valence-electron chi connectivity index (χ2n) is 4.45. The van der Waals surface area contributed by atoms with Crippen molar-refractivity contribution in [3.63, 3.8) is 0 Å². The van der Waals surface area contributed by atoms with Crippen molar-refractivity contribution in [1.29, 1.82) is 0 Å². The van der Waals surface area contributed by atoms with Gasteiger partial charge in [-0.25, -0.2) is 4.39 Å². The van der Waals surface area contributed by atoms with Gasteiger partial charge >= 0.3 is 0 Å². The summed E-state index contributed by atoms with van der Waals surface area (Å²) in [6.07, 6.45) is 2.44. The first-order chi connectivity index (χ1) is 9.10. The van der Waals surface area contributed by atoms with Crippen LogP contribution in [0.5, 0.6) is 11.5 Å². The normalized spacial score (nSPS) is 12.2. The van der Waals surface area contributed by atoms with Gasteiger partial charge in [0.15, 0.2) is 0 Å². The molecule has 1 atom stereocenters. The van der Waals surface area contributed by atoms with Crippen molar-refractivity contribution in [3.8, 4) is 11.5 Å². The number of nitrogens with zero attached hydrogens (tertiary/aromatic N) is 1. The van der Waals surface area contributed by atoms with Crippen molar-refractivity contribution in [2.45, 2.75) is 26.3 Å². The first kappa shape index (κ1) is 13.5. The Morgan fingerprint density at radius 2 is 2.11 bits per heavy atom. The number of hydrogen-bond acceptors (Lipinski definition) is 3. The third kappa shape index (κ3) is 3.29. The number of ether oxygens (including phenoxy) is 1. The second kappa shape index (κ2) is 5.80. The summed E-state index contributed by atoms with van der Waals surface area (Å²) in [5.41, 5.74) is 7.58. The molecule has 0 saturated heterocycles. The van der Waals surface area contributed by atoms with Gasteiger partial charge in [0, 0.05) is 12.1 Å². The lowest BCUT2D eigenvalue weighted by molar-refractivity contribution is 0.469. The number of hydrogen-bond donors (Lipinski definition) is 1. The largest absolute Gasteiger partial charge is 0.455 e. The zero-order valence-corrected chi connectivity index (χ0v) is 11.1. The molecule has 3 nitrogen and oxygen atoms in total. The lowest BCUT2D eigenvalue weighted by Crippen LogP contribution is -2.10. The van der Waals surface area contributed by atoms with E-state index in [1.165, 1.54) is 12.1 Å². The summed E-state index contributed by atoms with van der Waals surface area (Å²) >= 11 is 0. The van der Waals surface area contributed by atoms with Gasteiger partial charge in [-0.3, -0.25) is 4.98 Å². The summed E-state index contributed by atoms with van der Waals surface area (Å²) in [5.74, 6) is 0.744. The first-order valence-electron chi connectivity index (χ1n) is 6.25. The van der Waals surface area contributed by atoms with Crippen LogP contribution < -0.4 is 10.5 Å². The van der Waals surface area contributed by atoms with Crippen LogP contribution in [-0.2, 0) is 0 Å². The average Bonchev–Trinajstić information content (AvgIpc) is 2.43. The molecule has 0 aliphatic heterocycles. The van der Waals surface area contributed by atoms with Crippen LogP contribution in [0, 0.1) is 12.7 Å². The fourth-order valence-electron chi connectivity index (χ4n) is 1.69. The van der Waals surface area contributed by atoms with Crippen molar-refractivity contribution in [1.82, 2.24) is 4.98 Å². The summed E-state index contributed by atoms with van der Waals surface area (Å²) in [4.78, 5) is 4.25. The predicted octanol–water partition coefficient (Wildman–Crippen LogP) is 3.73. The minimum atomic E-state index is -0.321. The molecule has 0 bridgehead atoms. The summed E-state index contributed by atoms with van der Waals surface area (Å²) in [6.45, 7) is 3.87. The number of pyridine rings is 1. The summed E-state index contributed by atoms with van der Waals surface area (Å²) in [7, 11) is 0. The Morgan fingerprint density at radius 3 is 2.74 bits per heavy atom. The molecule has 0 radical (unpaired) electrons. The molecule has 0 aliphatic rings. The van der Waals surface area contributed by atoms with E-state index in [1.807, 2.05) is 19.9 Å². The van der Waals surface area contributed by atoms with E-state index in [2.05, 4.69) is 4.98 Å². The van der Waals surface area contributed by atoms with Crippen LogP contribution in [-0.4, -0.2) is 4.98 Å². The van der Waals surface area contributed by atoms with E-state index in [9.17, 15) is 4.39 Å². The maximum absolute atomic E-state index is 13.2. The Morgan fingerprint density at radius 1 is 1.32 bits per heavy atom. The zero-order chi connectivity index (χ0) is 13.8. The second-order valence-corrected chi connectivity index (χ2v) is 4.45. The van der Waals surface area contributed by atoms with Gasteiger partial charge in [0.25, 0.3) is 0 Å².